The maximum atomic E-state index is 5.90. The molecule has 1 aromatic rings. The van der Waals surface area contributed by atoms with Crippen molar-refractivity contribution >= 4 is 0 Å². The van der Waals surface area contributed by atoms with Crippen LogP contribution in [0.5, 0.6) is 0 Å². The quantitative estimate of drug-likeness (QED) is 0.686. The largest absolute Gasteiger partial charge is 0.324 e. The van der Waals surface area contributed by atoms with Crippen LogP contribution in [-0.2, 0) is 0 Å². The van der Waals surface area contributed by atoms with Gasteiger partial charge in [0.25, 0.3) is 0 Å². The van der Waals surface area contributed by atoms with Crippen LogP contribution in [0.2, 0.25) is 0 Å². The summed E-state index contributed by atoms with van der Waals surface area (Å²) in [5, 5.41) is 0. The molecule has 0 fully saturated rings. The molecule has 11 heavy (non-hydrogen) atoms. The first-order valence-corrected chi connectivity index (χ1v) is 4.06. The third kappa shape index (κ3) is 1.81. The molecule has 0 aliphatic heterocycles. The van der Waals surface area contributed by atoms with Gasteiger partial charge in [-0.05, 0) is 24.5 Å². The van der Waals surface area contributed by atoms with Crippen LogP contribution in [0.15, 0.2) is 24.3 Å². The van der Waals surface area contributed by atoms with E-state index in [0.717, 1.165) is 6.42 Å². The topological polar surface area (TPSA) is 26.0 Å². The molecule has 0 heterocycles. The zero-order valence-electron chi connectivity index (χ0n) is 7.17. The number of nitrogens with two attached hydrogens (primary N) is 1. The SMILES string of the molecule is CCC(N)c1ccccc1C. The molecule has 0 spiro atoms. The lowest BCUT2D eigenvalue weighted by atomic mass is 10.0. The van der Waals surface area contributed by atoms with Crippen LogP contribution < -0.4 is 5.73 Å². The summed E-state index contributed by atoms with van der Waals surface area (Å²) in [7, 11) is 0. The van der Waals surface area contributed by atoms with Gasteiger partial charge in [-0.1, -0.05) is 31.2 Å². The van der Waals surface area contributed by atoms with Crippen molar-refractivity contribution in [1.82, 2.24) is 0 Å². The van der Waals surface area contributed by atoms with Crippen LogP contribution in [0.4, 0.5) is 0 Å². The molecule has 0 aromatic heterocycles. The van der Waals surface area contributed by atoms with E-state index in [4.69, 9.17) is 5.73 Å². The highest BCUT2D eigenvalue weighted by Gasteiger charge is 2.03. The fourth-order valence-electron chi connectivity index (χ4n) is 1.22. The summed E-state index contributed by atoms with van der Waals surface area (Å²) >= 11 is 0. The predicted octanol–water partition coefficient (Wildman–Crippen LogP) is 2.40. The second-order valence-corrected chi connectivity index (χ2v) is 2.87. The third-order valence-electron chi connectivity index (χ3n) is 2.03. The Labute approximate surface area is 68.2 Å². The first-order chi connectivity index (χ1) is 5.25. The van der Waals surface area contributed by atoms with E-state index in [0.29, 0.717) is 0 Å². The highest BCUT2D eigenvalue weighted by molar-refractivity contribution is 5.28. The van der Waals surface area contributed by atoms with Crippen molar-refractivity contribution in [2.45, 2.75) is 26.3 Å². The number of hydrogen-bond donors (Lipinski definition) is 1. The second kappa shape index (κ2) is 3.54. The Balaban J connectivity index is 2.93. The molecule has 1 heteroatoms. The number of aryl methyl sites for hydroxylation is 1. The van der Waals surface area contributed by atoms with E-state index >= 15 is 0 Å². The minimum Gasteiger partial charge on any atom is -0.324 e. The zero-order valence-corrected chi connectivity index (χ0v) is 7.17. The summed E-state index contributed by atoms with van der Waals surface area (Å²) < 4.78 is 0. The van der Waals surface area contributed by atoms with Gasteiger partial charge in [0.2, 0.25) is 0 Å². The van der Waals surface area contributed by atoms with Crippen molar-refractivity contribution in [3.8, 4) is 0 Å². The second-order valence-electron chi connectivity index (χ2n) is 2.87. The summed E-state index contributed by atoms with van der Waals surface area (Å²) in [6.45, 7) is 4.21. The van der Waals surface area contributed by atoms with Crippen molar-refractivity contribution in [1.29, 1.82) is 0 Å². The molecule has 1 aromatic carbocycles. The van der Waals surface area contributed by atoms with Crippen molar-refractivity contribution in [2.24, 2.45) is 5.73 Å². The van der Waals surface area contributed by atoms with Gasteiger partial charge in [-0.25, -0.2) is 0 Å². The highest BCUT2D eigenvalue weighted by atomic mass is 14.6. The van der Waals surface area contributed by atoms with Crippen molar-refractivity contribution in [2.75, 3.05) is 0 Å². The van der Waals surface area contributed by atoms with Crippen LogP contribution in [0.25, 0.3) is 0 Å². The Morgan fingerprint density at radius 1 is 1.36 bits per heavy atom. The van der Waals surface area contributed by atoms with E-state index in [-0.39, 0.29) is 6.04 Å². The maximum Gasteiger partial charge on any atom is 0.0294 e. The third-order valence-corrected chi connectivity index (χ3v) is 2.03. The average molecular weight is 149 g/mol. The Morgan fingerprint density at radius 2 is 2.00 bits per heavy atom. The van der Waals surface area contributed by atoms with Gasteiger partial charge < -0.3 is 5.73 Å². The summed E-state index contributed by atoms with van der Waals surface area (Å²) in [5.74, 6) is 0. The molecule has 1 unspecified atom stereocenters. The van der Waals surface area contributed by atoms with Crippen LogP contribution in [0, 0.1) is 6.92 Å². The molecule has 0 bridgehead atoms. The van der Waals surface area contributed by atoms with Crippen molar-refractivity contribution < 1.29 is 0 Å². The van der Waals surface area contributed by atoms with E-state index in [9.17, 15) is 0 Å². The first-order valence-electron chi connectivity index (χ1n) is 4.06. The summed E-state index contributed by atoms with van der Waals surface area (Å²) in [4.78, 5) is 0. The average Bonchev–Trinajstić information content (AvgIpc) is 2.04. The van der Waals surface area contributed by atoms with Gasteiger partial charge in [0.1, 0.15) is 0 Å². The van der Waals surface area contributed by atoms with Gasteiger partial charge in [-0.15, -0.1) is 0 Å². The van der Waals surface area contributed by atoms with Gasteiger partial charge >= 0.3 is 0 Å². The number of hydrogen-bond acceptors (Lipinski definition) is 1. The lowest BCUT2D eigenvalue weighted by Gasteiger charge is -2.11. The summed E-state index contributed by atoms with van der Waals surface area (Å²) in [6.07, 6.45) is 1.00. The molecule has 1 atom stereocenters. The van der Waals surface area contributed by atoms with E-state index in [2.05, 4.69) is 26.0 Å². The highest BCUT2D eigenvalue weighted by Crippen LogP contribution is 2.16. The molecule has 0 radical (unpaired) electrons. The van der Waals surface area contributed by atoms with E-state index in [1.807, 2.05) is 12.1 Å². The maximum absolute atomic E-state index is 5.90. The zero-order chi connectivity index (χ0) is 8.27. The normalized spacial score (nSPS) is 13.0. The molecule has 1 rings (SSSR count). The Morgan fingerprint density at radius 3 is 2.55 bits per heavy atom. The molecule has 0 amide bonds. The monoisotopic (exact) mass is 149 g/mol. The molecule has 2 N–H and O–H groups in total. The number of benzene rings is 1. The predicted molar refractivity (Wildman–Crippen MR) is 48.4 cm³/mol. The smallest absolute Gasteiger partial charge is 0.0294 e. The van der Waals surface area contributed by atoms with E-state index in [1.54, 1.807) is 0 Å². The molecular weight excluding hydrogens is 134 g/mol. The molecule has 0 aliphatic rings. The van der Waals surface area contributed by atoms with Crippen molar-refractivity contribution in [3.63, 3.8) is 0 Å². The minimum absolute atomic E-state index is 0.205. The van der Waals surface area contributed by atoms with Crippen LogP contribution >= 0.6 is 0 Å². The molecule has 1 nitrogen and oxygen atoms in total. The minimum atomic E-state index is 0.205. The Hall–Kier alpha value is -0.820. The molecule has 0 saturated heterocycles. The van der Waals surface area contributed by atoms with Crippen LogP contribution in [0.1, 0.15) is 30.5 Å². The fraction of sp³-hybridized carbons (Fsp3) is 0.400. The fourth-order valence-corrected chi connectivity index (χ4v) is 1.22. The lowest BCUT2D eigenvalue weighted by molar-refractivity contribution is 0.694. The van der Waals surface area contributed by atoms with E-state index < -0.39 is 0 Å². The van der Waals surface area contributed by atoms with Crippen LogP contribution in [-0.4, -0.2) is 0 Å². The lowest BCUT2D eigenvalue weighted by Crippen LogP contribution is -2.09. The molecule has 0 aliphatic carbocycles. The first kappa shape index (κ1) is 8.28. The summed E-state index contributed by atoms with van der Waals surface area (Å²) in [6, 6.07) is 8.49. The van der Waals surface area contributed by atoms with Gasteiger partial charge in [-0.2, -0.15) is 0 Å². The molecule has 0 saturated carbocycles. The number of rotatable bonds is 2. The molecular formula is C10H15N. The summed E-state index contributed by atoms with van der Waals surface area (Å²) in [5.41, 5.74) is 8.46. The standard InChI is InChI=1S/C10H15N/c1-3-10(11)9-7-5-4-6-8(9)2/h4-7,10H,3,11H2,1-2H3. The Kier molecular flexibility index (Phi) is 2.66. The van der Waals surface area contributed by atoms with Gasteiger partial charge in [-0.3, -0.25) is 0 Å². The van der Waals surface area contributed by atoms with Crippen LogP contribution in [0.3, 0.4) is 0 Å². The van der Waals surface area contributed by atoms with Gasteiger partial charge in [0.05, 0.1) is 0 Å². The van der Waals surface area contributed by atoms with Crippen molar-refractivity contribution in [3.05, 3.63) is 35.4 Å². The van der Waals surface area contributed by atoms with Gasteiger partial charge in [0, 0.05) is 6.04 Å². The Bertz CT molecular complexity index is 230. The van der Waals surface area contributed by atoms with E-state index in [1.165, 1.54) is 11.1 Å². The molecule has 60 valence electrons. The van der Waals surface area contributed by atoms with Gasteiger partial charge in [0.15, 0.2) is 0 Å².